The summed E-state index contributed by atoms with van der Waals surface area (Å²) in [5.74, 6) is -0.527. The number of nitrogens with one attached hydrogen (secondary N) is 1. The lowest BCUT2D eigenvalue weighted by Gasteiger charge is -2.27. The van der Waals surface area contributed by atoms with Gasteiger partial charge in [0.05, 0.1) is 5.92 Å². The lowest BCUT2D eigenvalue weighted by Crippen LogP contribution is -2.40. The predicted octanol–water partition coefficient (Wildman–Crippen LogP) is 1.17. The molecule has 0 rings (SSSR count). The molecule has 0 bridgehead atoms. The minimum Gasteiger partial charge on any atom is -0.409 e. The fourth-order valence-electron chi connectivity index (χ4n) is 0.934. The maximum atomic E-state index is 11.6. The molecule has 2 unspecified atom stereocenters. The van der Waals surface area contributed by atoms with Gasteiger partial charge in [-0.05, 0) is 18.3 Å². The fourth-order valence-corrected chi connectivity index (χ4v) is 0.934. The molecule has 0 aromatic rings. The molecule has 0 aromatic carbocycles. The summed E-state index contributed by atoms with van der Waals surface area (Å²) in [6.45, 7) is 10.6. The van der Waals surface area contributed by atoms with Crippen molar-refractivity contribution in [3.05, 3.63) is 0 Å². The molecular weight excluding hydrogens is 206 g/mol. The van der Waals surface area contributed by atoms with E-state index in [9.17, 15) is 4.79 Å². The van der Waals surface area contributed by atoms with Crippen LogP contribution in [-0.2, 0) is 4.79 Å². The van der Waals surface area contributed by atoms with Gasteiger partial charge >= 0.3 is 0 Å². The topological polar surface area (TPSA) is 87.7 Å². The highest BCUT2D eigenvalue weighted by Gasteiger charge is 2.22. The fraction of sp³-hybridized carbons (Fsp3) is 0.818. The van der Waals surface area contributed by atoms with Crippen LogP contribution in [0, 0.1) is 17.3 Å². The second-order valence-electron chi connectivity index (χ2n) is 5.26. The summed E-state index contributed by atoms with van der Waals surface area (Å²) in [4.78, 5) is 11.6. The van der Waals surface area contributed by atoms with E-state index in [1.807, 2.05) is 0 Å². The van der Waals surface area contributed by atoms with Crippen molar-refractivity contribution in [1.29, 1.82) is 0 Å². The Bertz CT molecular complexity index is 269. The molecule has 5 nitrogen and oxygen atoms in total. The van der Waals surface area contributed by atoms with Crippen LogP contribution in [0.1, 0.15) is 34.6 Å². The summed E-state index contributed by atoms with van der Waals surface area (Å²) in [6, 6.07) is 0. The Morgan fingerprint density at radius 3 is 2.31 bits per heavy atom. The molecule has 0 heterocycles. The minimum absolute atomic E-state index is 0.0686. The Balaban J connectivity index is 4.19. The monoisotopic (exact) mass is 229 g/mol. The summed E-state index contributed by atoms with van der Waals surface area (Å²) in [7, 11) is 0. The lowest BCUT2D eigenvalue weighted by molar-refractivity contribution is -0.123. The summed E-state index contributed by atoms with van der Waals surface area (Å²) in [5.41, 5.74) is 5.49. The number of nitrogens with two attached hydrogens (primary N) is 1. The van der Waals surface area contributed by atoms with Crippen molar-refractivity contribution < 1.29 is 10.0 Å². The van der Waals surface area contributed by atoms with Crippen LogP contribution in [0.3, 0.4) is 0 Å². The van der Waals surface area contributed by atoms with E-state index >= 15 is 0 Å². The third kappa shape index (κ3) is 4.51. The van der Waals surface area contributed by atoms with Gasteiger partial charge in [-0.3, -0.25) is 4.79 Å². The van der Waals surface area contributed by atoms with Gasteiger partial charge in [-0.1, -0.05) is 32.9 Å². The van der Waals surface area contributed by atoms with E-state index in [-0.39, 0.29) is 17.2 Å². The summed E-state index contributed by atoms with van der Waals surface area (Å²) in [5, 5.41) is 14.1. The highest BCUT2D eigenvalue weighted by atomic mass is 16.4. The number of amidine groups is 1. The van der Waals surface area contributed by atoms with Crippen molar-refractivity contribution in [1.82, 2.24) is 5.32 Å². The van der Waals surface area contributed by atoms with Crippen LogP contribution in [0.5, 0.6) is 0 Å². The van der Waals surface area contributed by atoms with Gasteiger partial charge in [0.15, 0.2) is 5.84 Å². The van der Waals surface area contributed by atoms with Crippen LogP contribution in [0.15, 0.2) is 5.16 Å². The van der Waals surface area contributed by atoms with E-state index in [4.69, 9.17) is 10.9 Å². The highest BCUT2D eigenvalue weighted by Crippen LogP contribution is 2.24. The standard InChI is InChI=1S/C11H23N3O2/c1-7(11(3,4)5)6-13-10(15)8(2)9(12)14-16/h7-8,16H,6H2,1-5H3,(H2,12,14)(H,13,15). The Kier molecular flexibility index (Phi) is 5.27. The number of hydrogen-bond acceptors (Lipinski definition) is 3. The van der Waals surface area contributed by atoms with Crippen molar-refractivity contribution >= 4 is 11.7 Å². The van der Waals surface area contributed by atoms with Crippen molar-refractivity contribution in [2.75, 3.05) is 6.54 Å². The number of oxime groups is 1. The van der Waals surface area contributed by atoms with Gasteiger partial charge in [-0.25, -0.2) is 0 Å². The summed E-state index contributed by atoms with van der Waals surface area (Å²) >= 11 is 0. The minimum atomic E-state index is -0.600. The van der Waals surface area contributed by atoms with Crippen molar-refractivity contribution in [2.24, 2.45) is 28.1 Å². The number of amides is 1. The largest absolute Gasteiger partial charge is 0.409 e. The molecule has 5 heteroatoms. The molecule has 0 saturated carbocycles. The highest BCUT2D eigenvalue weighted by molar-refractivity contribution is 6.01. The van der Waals surface area contributed by atoms with E-state index < -0.39 is 5.92 Å². The third-order valence-electron chi connectivity index (χ3n) is 3.01. The predicted molar refractivity (Wildman–Crippen MR) is 64.2 cm³/mol. The van der Waals surface area contributed by atoms with E-state index in [1.54, 1.807) is 6.92 Å². The number of carbonyl (C=O) groups is 1. The Hall–Kier alpha value is -1.26. The second-order valence-corrected chi connectivity index (χ2v) is 5.26. The Morgan fingerprint density at radius 1 is 1.44 bits per heavy atom. The van der Waals surface area contributed by atoms with Gasteiger partial charge in [0.25, 0.3) is 0 Å². The summed E-state index contributed by atoms with van der Waals surface area (Å²) in [6.07, 6.45) is 0. The molecule has 4 N–H and O–H groups in total. The second kappa shape index (κ2) is 5.72. The first-order chi connectivity index (χ1) is 7.20. The molecule has 0 aliphatic heterocycles. The SMILES string of the molecule is CC(C(=O)NCC(C)C(C)(C)C)C(N)=NO. The van der Waals surface area contributed by atoms with Gasteiger partial charge in [0.2, 0.25) is 5.91 Å². The molecule has 16 heavy (non-hydrogen) atoms. The molecule has 0 spiro atoms. The molecule has 94 valence electrons. The lowest BCUT2D eigenvalue weighted by atomic mass is 9.82. The number of carbonyl (C=O) groups excluding carboxylic acids is 1. The first kappa shape index (κ1) is 14.7. The van der Waals surface area contributed by atoms with E-state index in [0.717, 1.165) is 0 Å². The molecular formula is C11H23N3O2. The molecule has 0 aliphatic rings. The van der Waals surface area contributed by atoms with Gasteiger partial charge < -0.3 is 16.3 Å². The van der Waals surface area contributed by atoms with Crippen LogP contribution in [-0.4, -0.2) is 23.5 Å². The molecule has 0 saturated heterocycles. The first-order valence-corrected chi connectivity index (χ1v) is 5.45. The van der Waals surface area contributed by atoms with Crippen molar-refractivity contribution in [3.8, 4) is 0 Å². The van der Waals surface area contributed by atoms with Crippen molar-refractivity contribution in [2.45, 2.75) is 34.6 Å². The maximum absolute atomic E-state index is 11.6. The average Bonchev–Trinajstić information content (AvgIpc) is 2.21. The van der Waals surface area contributed by atoms with Gasteiger partial charge in [0, 0.05) is 6.54 Å². The average molecular weight is 229 g/mol. The van der Waals surface area contributed by atoms with E-state index in [1.165, 1.54) is 0 Å². The molecule has 0 fully saturated rings. The smallest absolute Gasteiger partial charge is 0.230 e. The van der Waals surface area contributed by atoms with Crippen LogP contribution < -0.4 is 11.1 Å². The Labute approximate surface area is 97.1 Å². The molecule has 1 amide bonds. The number of hydrogen-bond donors (Lipinski definition) is 3. The Morgan fingerprint density at radius 2 is 1.94 bits per heavy atom. The van der Waals surface area contributed by atoms with Crippen LogP contribution in [0.2, 0.25) is 0 Å². The summed E-state index contributed by atoms with van der Waals surface area (Å²) < 4.78 is 0. The van der Waals surface area contributed by atoms with Gasteiger partial charge in [-0.2, -0.15) is 0 Å². The van der Waals surface area contributed by atoms with E-state index in [2.05, 4.69) is 38.2 Å². The molecule has 0 aliphatic carbocycles. The van der Waals surface area contributed by atoms with Gasteiger partial charge in [0.1, 0.15) is 0 Å². The third-order valence-corrected chi connectivity index (χ3v) is 3.01. The number of rotatable bonds is 4. The van der Waals surface area contributed by atoms with Crippen LogP contribution >= 0.6 is 0 Å². The van der Waals surface area contributed by atoms with E-state index in [0.29, 0.717) is 12.5 Å². The van der Waals surface area contributed by atoms with Crippen LogP contribution in [0.25, 0.3) is 0 Å². The molecule has 0 aromatic heterocycles. The first-order valence-electron chi connectivity index (χ1n) is 5.45. The van der Waals surface area contributed by atoms with Crippen molar-refractivity contribution in [3.63, 3.8) is 0 Å². The normalized spacial score (nSPS) is 16.7. The maximum Gasteiger partial charge on any atom is 0.230 e. The molecule has 2 atom stereocenters. The zero-order valence-corrected chi connectivity index (χ0v) is 10.7. The van der Waals surface area contributed by atoms with Gasteiger partial charge in [-0.15, -0.1) is 0 Å². The van der Waals surface area contributed by atoms with Crippen LogP contribution in [0.4, 0.5) is 0 Å². The molecule has 0 radical (unpaired) electrons. The quantitative estimate of drug-likeness (QED) is 0.292. The zero-order chi connectivity index (χ0) is 12.9. The zero-order valence-electron chi connectivity index (χ0n) is 10.7. The number of nitrogens with zero attached hydrogens (tertiary/aromatic N) is 1.